The van der Waals surface area contributed by atoms with Crippen LogP contribution in [0, 0.1) is 0 Å². The lowest BCUT2D eigenvalue weighted by atomic mass is 10.0. The van der Waals surface area contributed by atoms with Gasteiger partial charge in [0, 0.05) is 18.5 Å². The lowest BCUT2D eigenvalue weighted by Crippen LogP contribution is -2.18. The largest absolute Gasteiger partial charge is 0.489 e. The van der Waals surface area contributed by atoms with Crippen molar-refractivity contribution in [2.45, 2.75) is 18.7 Å². The Bertz CT molecular complexity index is 477. The third-order valence-corrected chi connectivity index (χ3v) is 2.99. The van der Waals surface area contributed by atoms with Gasteiger partial charge >= 0.3 is 6.18 Å². The van der Waals surface area contributed by atoms with Gasteiger partial charge < -0.3 is 19.9 Å². The molecule has 1 aliphatic heterocycles. The second-order valence-corrected chi connectivity index (χ2v) is 4.48. The first-order chi connectivity index (χ1) is 9.45. The molecule has 0 aromatic heterocycles. The first-order valence-electron chi connectivity index (χ1n) is 6.27. The van der Waals surface area contributed by atoms with E-state index in [1.165, 1.54) is 6.07 Å². The second kappa shape index (κ2) is 5.88. The quantitative estimate of drug-likeness (QED) is 0.895. The SMILES string of the molecule is CNCC(O)c1ccc(C(F)(F)F)c2c1OCCCO2. The first-order valence-corrected chi connectivity index (χ1v) is 6.27. The zero-order valence-corrected chi connectivity index (χ0v) is 11.0. The van der Waals surface area contributed by atoms with Crippen molar-refractivity contribution in [3.05, 3.63) is 23.3 Å². The molecule has 2 N–H and O–H groups in total. The van der Waals surface area contributed by atoms with Crippen LogP contribution in [-0.4, -0.2) is 31.9 Å². The average molecular weight is 291 g/mol. The molecule has 0 bridgehead atoms. The third-order valence-electron chi connectivity index (χ3n) is 2.99. The molecule has 0 fully saturated rings. The summed E-state index contributed by atoms with van der Waals surface area (Å²) in [5.74, 6) is -0.345. The topological polar surface area (TPSA) is 50.7 Å². The normalized spacial score (nSPS) is 16.6. The van der Waals surface area contributed by atoms with Crippen LogP contribution in [-0.2, 0) is 6.18 Å². The van der Waals surface area contributed by atoms with Gasteiger partial charge in [-0.2, -0.15) is 13.2 Å². The van der Waals surface area contributed by atoms with Crippen molar-refractivity contribution < 1.29 is 27.8 Å². The Hall–Kier alpha value is -1.47. The number of aliphatic hydroxyl groups excluding tert-OH is 1. The Labute approximate surface area is 114 Å². The van der Waals surface area contributed by atoms with E-state index in [1.54, 1.807) is 7.05 Å². The summed E-state index contributed by atoms with van der Waals surface area (Å²) in [5.41, 5.74) is -0.584. The Balaban J connectivity index is 2.52. The molecule has 1 aromatic carbocycles. The molecule has 20 heavy (non-hydrogen) atoms. The molecule has 4 nitrogen and oxygen atoms in total. The summed E-state index contributed by atoms with van der Waals surface area (Å²) in [6.07, 6.45) is -4.99. The lowest BCUT2D eigenvalue weighted by molar-refractivity contribution is -0.139. The van der Waals surface area contributed by atoms with Gasteiger partial charge in [0.1, 0.15) is 5.56 Å². The summed E-state index contributed by atoms with van der Waals surface area (Å²) >= 11 is 0. The minimum atomic E-state index is -4.52. The smallest absolute Gasteiger partial charge is 0.420 e. The van der Waals surface area contributed by atoms with Gasteiger partial charge in [0.05, 0.1) is 19.3 Å². The lowest BCUT2D eigenvalue weighted by Gasteiger charge is -2.20. The van der Waals surface area contributed by atoms with Crippen LogP contribution in [0.1, 0.15) is 23.7 Å². The van der Waals surface area contributed by atoms with Crippen LogP contribution in [0.5, 0.6) is 11.5 Å². The standard InChI is InChI=1S/C13H16F3NO3/c1-17-7-10(18)8-3-4-9(13(14,15)16)12-11(8)19-5-2-6-20-12/h3-4,10,17-18H,2,5-7H2,1H3. The molecule has 1 atom stereocenters. The van der Waals surface area contributed by atoms with E-state index in [0.717, 1.165) is 6.07 Å². The molecule has 0 saturated heterocycles. The molecule has 112 valence electrons. The molecule has 0 saturated carbocycles. The minimum Gasteiger partial charge on any atom is -0.489 e. The Morgan fingerprint density at radius 2 is 1.90 bits per heavy atom. The highest BCUT2D eigenvalue weighted by Gasteiger charge is 2.38. The van der Waals surface area contributed by atoms with E-state index in [4.69, 9.17) is 9.47 Å². The van der Waals surface area contributed by atoms with Crippen LogP contribution in [0.2, 0.25) is 0 Å². The number of alkyl halides is 3. The molecular formula is C13H16F3NO3. The number of halogens is 3. The molecule has 2 rings (SSSR count). The molecule has 1 unspecified atom stereocenters. The molecule has 0 radical (unpaired) electrons. The summed E-state index contributed by atoms with van der Waals surface area (Å²) in [4.78, 5) is 0. The number of hydrogen-bond donors (Lipinski definition) is 2. The zero-order valence-electron chi connectivity index (χ0n) is 11.0. The van der Waals surface area contributed by atoms with Crippen molar-refractivity contribution in [1.82, 2.24) is 5.32 Å². The number of rotatable bonds is 3. The van der Waals surface area contributed by atoms with E-state index in [-0.39, 0.29) is 31.3 Å². The van der Waals surface area contributed by atoms with Crippen molar-refractivity contribution in [2.24, 2.45) is 0 Å². The number of fused-ring (bicyclic) bond motifs is 1. The maximum Gasteiger partial charge on any atom is 0.420 e. The molecule has 1 aromatic rings. The van der Waals surface area contributed by atoms with Gasteiger partial charge in [-0.25, -0.2) is 0 Å². The summed E-state index contributed by atoms with van der Waals surface area (Å²) in [6.45, 7) is 0.621. The Kier molecular flexibility index (Phi) is 4.39. The summed E-state index contributed by atoms with van der Waals surface area (Å²) < 4.78 is 49.5. The maximum atomic E-state index is 13.0. The van der Waals surface area contributed by atoms with E-state index < -0.39 is 17.8 Å². The van der Waals surface area contributed by atoms with E-state index in [9.17, 15) is 18.3 Å². The maximum absolute atomic E-state index is 13.0. The predicted molar refractivity (Wildman–Crippen MR) is 65.9 cm³/mol. The predicted octanol–water partition coefficient (Wildman–Crippen LogP) is 2.12. The highest BCUT2D eigenvalue weighted by molar-refractivity contribution is 5.54. The highest BCUT2D eigenvalue weighted by Crippen LogP contribution is 2.45. The summed E-state index contributed by atoms with van der Waals surface area (Å²) in [7, 11) is 1.64. The van der Waals surface area contributed by atoms with Crippen LogP contribution in [0.3, 0.4) is 0 Å². The first kappa shape index (κ1) is 14.9. The number of likely N-dealkylation sites (N-methyl/N-ethyl adjacent to an activating group) is 1. The van der Waals surface area contributed by atoms with Gasteiger partial charge in [-0.15, -0.1) is 0 Å². The van der Waals surface area contributed by atoms with Crippen LogP contribution in [0.4, 0.5) is 13.2 Å². The van der Waals surface area contributed by atoms with E-state index in [1.807, 2.05) is 0 Å². The summed E-state index contributed by atoms with van der Waals surface area (Å²) in [5, 5.41) is 12.7. The van der Waals surface area contributed by atoms with Gasteiger partial charge in [-0.1, -0.05) is 6.07 Å². The number of nitrogens with one attached hydrogen (secondary N) is 1. The Morgan fingerprint density at radius 1 is 1.25 bits per heavy atom. The summed E-state index contributed by atoms with van der Waals surface area (Å²) in [6, 6.07) is 2.15. The van der Waals surface area contributed by atoms with Crippen LogP contribution >= 0.6 is 0 Å². The number of benzene rings is 1. The van der Waals surface area contributed by atoms with Crippen molar-refractivity contribution in [3.63, 3.8) is 0 Å². The zero-order chi connectivity index (χ0) is 14.8. The molecule has 7 heteroatoms. The number of hydrogen-bond acceptors (Lipinski definition) is 4. The van der Waals surface area contributed by atoms with Crippen LogP contribution in [0.25, 0.3) is 0 Å². The fraction of sp³-hybridized carbons (Fsp3) is 0.538. The molecule has 0 amide bonds. The number of aliphatic hydroxyl groups is 1. The van der Waals surface area contributed by atoms with Crippen molar-refractivity contribution in [1.29, 1.82) is 0 Å². The van der Waals surface area contributed by atoms with Crippen molar-refractivity contribution in [2.75, 3.05) is 26.8 Å². The van der Waals surface area contributed by atoms with Gasteiger partial charge in [0.2, 0.25) is 0 Å². The molecule has 1 aliphatic rings. The van der Waals surface area contributed by atoms with Crippen molar-refractivity contribution >= 4 is 0 Å². The molecular weight excluding hydrogens is 275 g/mol. The average Bonchev–Trinajstić information content (AvgIpc) is 2.61. The molecule has 1 heterocycles. The Morgan fingerprint density at radius 3 is 2.50 bits per heavy atom. The van der Waals surface area contributed by atoms with E-state index in [0.29, 0.717) is 12.0 Å². The van der Waals surface area contributed by atoms with Crippen LogP contribution in [0.15, 0.2) is 12.1 Å². The monoisotopic (exact) mass is 291 g/mol. The number of ether oxygens (including phenoxy) is 2. The molecule has 0 spiro atoms. The second-order valence-electron chi connectivity index (χ2n) is 4.48. The van der Waals surface area contributed by atoms with Crippen LogP contribution < -0.4 is 14.8 Å². The van der Waals surface area contributed by atoms with Gasteiger partial charge in [-0.3, -0.25) is 0 Å². The third kappa shape index (κ3) is 2.99. The van der Waals surface area contributed by atoms with Crippen molar-refractivity contribution in [3.8, 4) is 11.5 Å². The fourth-order valence-corrected chi connectivity index (χ4v) is 2.07. The highest BCUT2D eigenvalue weighted by atomic mass is 19.4. The van der Waals surface area contributed by atoms with E-state index in [2.05, 4.69) is 5.32 Å². The van der Waals surface area contributed by atoms with Gasteiger partial charge in [-0.05, 0) is 13.1 Å². The van der Waals surface area contributed by atoms with E-state index >= 15 is 0 Å². The minimum absolute atomic E-state index is 0.0138. The van der Waals surface area contributed by atoms with Gasteiger partial charge in [0.15, 0.2) is 11.5 Å². The molecule has 0 aliphatic carbocycles. The fourth-order valence-electron chi connectivity index (χ4n) is 2.07. The van der Waals surface area contributed by atoms with Gasteiger partial charge in [0.25, 0.3) is 0 Å².